The summed E-state index contributed by atoms with van der Waals surface area (Å²) in [6, 6.07) is 3.85. The van der Waals surface area contributed by atoms with Crippen LogP contribution < -0.4 is 11.1 Å². The van der Waals surface area contributed by atoms with Crippen molar-refractivity contribution in [3.05, 3.63) is 21.9 Å². The van der Waals surface area contributed by atoms with E-state index in [1.807, 2.05) is 26.0 Å². The minimum absolute atomic E-state index is 0.107. The predicted octanol–water partition coefficient (Wildman–Crippen LogP) is 1.69. The second kappa shape index (κ2) is 6.94. The van der Waals surface area contributed by atoms with Crippen molar-refractivity contribution in [1.29, 1.82) is 0 Å². The lowest BCUT2D eigenvalue weighted by Crippen LogP contribution is -2.25. The molecule has 1 aromatic rings. The molecule has 0 atom stereocenters. The van der Waals surface area contributed by atoms with E-state index in [1.54, 1.807) is 0 Å². The molecule has 1 heterocycles. The van der Waals surface area contributed by atoms with Gasteiger partial charge in [0.2, 0.25) is 0 Å². The van der Waals surface area contributed by atoms with Crippen molar-refractivity contribution in [2.45, 2.75) is 26.5 Å². The third-order valence-electron chi connectivity index (χ3n) is 1.72. The normalized spacial score (nSPS) is 9.65. The Balaban J connectivity index is 2.42. The van der Waals surface area contributed by atoms with E-state index >= 15 is 0 Å². The van der Waals surface area contributed by atoms with E-state index in [0.29, 0.717) is 13.1 Å². The number of nitrogens with one attached hydrogen (secondary N) is 1. The third-order valence-corrected chi connectivity index (χ3v) is 2.73. The lowest BCUT2D eigenvalue weighted by Gasteiger charge is -2.08. The molecule has 0 spiro atoms. The number of ether oxygens (including phenoxy) is 1. The molecule has 0 saturated heterocycles. The molecule has 5 heteroatoms. The minimum atomic E-state index is -0.400. The first-order chi connectivity index (χ1) is 8.11. The summed E-state index contributed by atoms with van der Waals surface area (Å²) >= 11 is 1.53. The SMILES string of the molecule is CC(C)OC(=O)NCc1ccc(C#CCN)s1. The summed E-state index contributed by atoms with van der Waals surface area (Å²) in [5.74, 6) is 5.73. The fourth-order valence-electron chi connectivity index (χ4n) is 1.09. The summed E-state index contributed by atoms with van der Waals surface area (Å²) in [5.41, 5.74) is 5.29. The molecule has 0 saturated carbocycles. The highest BCUT2D eigenvalue weighted by molar-refractivity contribution is 7.12. The Kier molecular flexibility index (Phi) is 5.53. The van der Waals surface area contributed by atoms with Gasteiger partial charge in [-0.15, -0.1) is 11.3 Å². The van der Waals surface area contributed by atoms with Crippen molar-refractivity contribution in [1.82, 2.24) is 5.32 Å². The number of hydrogen-bond donors (Lipinski definition) is 2. The van der Waals surface area contributed by atoms with E-state index in [9.17, 15) is 4.79 Å². The monoisotopic (exact) mass is 252 g/mol. The predicted molar refractivity (Wildman–Crippen MR) is 68.7 cm³/mol. The van der Waals surface area contributed by atoms with Crippen molar-refractivity contribution in [3.63, 3.8) is 0 Å². The van der Waals surface area contributed by atoms with E-state index in [2.05, 4.69) is 17.2 Å². The Morgan fingerprint density at radius 2 is 2.35 bits per heavy atom. The van der Waals surface area contributed by atoms with Gasteiger partial charge in [0.25, 0.3) is 0 Å². The molecule has 0 fully saturated rings. The van der Waals surface area contributed by atoms with Gasteiger partial charge in [-0.2, -0.15) is 0 Å². The highest BCUT2D eigenvalue weighted by Gasteiger charge is 2.05. The first kappa shape index (κ1) is 13.6. The summed E-state index contributed by atoms with van der Waals surface area (Å²) in [7, 11) is 0. The zero-order valence-electron chi connectivity index (χ0n) is 9.95. The third kappa shape index (κ3) is 5.38. The number of thiophene rings is 1. The van der Waals surface area contributed by atoms with Gasteiger partial charge in [0.05, 0.1) is 24.1 Å². The zero-order valence-corrected chi connectivity index (χ0v) is 10.8. The maximum atomic E-state index is 11.2. The maximum Gasteiger partial charge on any atom is 0.407 e. The van der Waals surface area contributed by atoms with Gasteiger partial charge < -0.3 is 15.8 Å². The topological polar surface area (TPSA) is 64.3 Å². The van der Waals surface area contributed by atoms with Crippen molar-refractivity contribution in [2.24, 2.45) is 5.73 Å². The summed E-state index contributed by atoms with van der Waals surface area (Å²) in [6.07, 6.45) is -0.507. The Morgan fingerprint density at radius 1 is 1.59 bits per heavy atom. The molecule has 0 aliphatic rings. The molecular formula is C12H16N2O2S. The van der Waals surface area contributed by atoms with E-state index in [0.717, 1.165) is 9.75 Å². The summed E-state index contributed by atoms with van der Waals surface area (Å²) in [6.45, 7) is 4.43. The average molecular weight is 252 g/mol. The van der Waals surface area contributed by atoms with Crippen molar-refractivity contribution >= 4 is 17.4 Å². The molecular weight excluding hydrogens is 236 g/mol. The molecule has 0 bridgehead atoms. The van der Waals surface area contributed by atoms with Crippen LogP contribution in [0.1, 0.15) is 23.6 Å². The molecule has 17 heavy (non-hydrogen) atoms. The molecule has 0 radical (unpaired) electrons. The average Bonchev–Trinajstić information content (AvgIpc) is 2.70. The Hall–Kier alpha value is -1.51. The lowest BCUT2D eigenvalue weighted by molar-refractivity contribution is 0.115. The Morgan fingerprint density at radius 3 is 3.00 bits per heavy atom. The van der Waals surface area contributed by atoms with Crippen LogP contribution in [0.5, 0.6) is 0 Å². The summed E-state index contributed by atoms with van der Waals surface area (Å²) in [4.78, 5) is 13.2. The maximum absolute atomic E-state index is 11.2. The van der Waals surface area contributed by atoms with E-state index in [1.165, 1.54) is 11.3 Å². The number of carbonyl (C=O) groups excluding carboxylic acids is 1. The number of amides is 1. The molecule has 3 N–H and O–H groups in total. The number of hydrogen-bond acceptors (Lipinski definition) is 4. The van der Waals surface area contributed by atoms with Crippen LogP contribution in [0.15, 0.2) is 12.1 Å². The quantitative estimate of drug-likeness (QED) is 0.805. The van der Waals surface area contributed by atoms with Crippen molar-refractivity contribution in [3.8, 4) is 11.8 Å². The van der Waals surface area contributed by atoms with Gasteiger partial charge in [0.15, 0.2) is 0 Å². The Bertz CT molecular complexity index is 429. The standard InChI is InChI=1S/C12H16N2O2S/c1-9(2)16-12(15)14-8-11-6-5-10(17-11)4-3-7-13/h5-6,9H,7-8,13H2,1-2H3,(H,14,15). The Labute approximate surface area is 105 Å². The van der Waals surface area contributed by atoms with Gasteiger partial charge in [-0.1, -0.05) is 11.8 Å². The second-order valence-corrected chi connectivity index (χ2v) is 4.75. The van der Waals surface area contributed by atoms with Crippen LogP contribution in [-0.4, -0.2) is 18.7 Å². The van der Waals surface area contributed by atoms with Gasteiger partial charge in [-0.05, 0) is 26.0 Å². The molecule has 92 valence electrons. The van der Waals surface area contributed by atoms with Crippen molar-refractivity contribution in [2.75, 3.05) is 6.54 Å². The van der Waals surface area contributed by atoms with Crippen LogP contribution in [-0.2, 0) is 11.3 Å². The highest BCUT2D eigenvalue weighted by Crippen LogP contribution is 2.14. The van der Waals surface area contributed by atoms with Gasteiger partial charge in [0, 0.05) is 4.88 Å². The van der Waals surface area contributed by atoms with Crippen LogP contribution in [0.2, 0.25) is 0 Å². The molecule has 0 aliphatic heterocycles. The van der Waals surface area contributed by atoms with Crippen LogP contribution in [0, 0.1) is 11.8 Å². The van der Waals surface area contributed by atoms with Gasteiger partial charge in [0.1, 0.15) is 0 Å². The van der Waals surface area contributed by atoms with E-state index in [-0.39, 0.29) is 6.10 Å². The van der Waals surface area contributed by atoms with Gasteiger partial charge in [-0.3, -0.25) is 0 Å². The van der Waals surface area contributed by atoms with Gasteiger partial charge in [-0.25, -0.2) is 4.79 Å². The fourth-order valence-corrected chi connectivity index (χ4v) is 1.92. The van der Waals surface area contributed by atoms with E-state index in [4.69, 9.17) is 10.5 Å². The van der Waals surface area contributed by atoms with E-state index < -0.39 is 6.09 Å². The smallest absolute Gasteiger partial charge is 0.407 e. The fraction of sp³-hybridized carbons (Fsp3) is 0.417. The molecule has 0 aromatic carbocycles. The lowest BCUT2D eigenvalue weighted by atomic mass is 10.4. The van der Waals surface area contributed by atoms with Crippen LogP contribution in [0.25, 0.3) is 0 Å². The largest absolute Gasteiger partial charge is 0.447 e. The van der Waals surface area contributed by atoms with Crippen molar-refractivity contribution < 1.29 is 9.53 Å². The molecule has 1 amide bonds. The molecule has 4 nitrogen and oxygen atoms in total. The highest BCUT2D eigenvalue weighted by atomic mass is 32.1. The second-order valence-electron chi connectivity index (χ2n) is 3.58. The van der Waals surface area contributed by atoms with Crippen LogP contribution >= 0.6 is 11.3 Å². The van der Waals surface area contributed by atoms with Crippen LogP contribution in [0.4, 0.5) is 4.79 Å². The van der Waals surface area contributed by atoms with Crippen LogP contribution in [0.3, 0.4) is 0 Å². The molecule has 1 rings (SSSR count). The summed E-state index contributed by atoms with van der Waals surface area (Å²) < 4.78 is 4.95. The first-order valence-corrected chi connectivity index (χ1v) is 6.15. The summed E-state index contributed by atoms with van der Waals surface area (Å²) in [5, 5.41) is 2.68. The number of rotatable bonds is 3. The number of carbonyl (C=O) groups is 1. The molecule has 1 aromatic heterocycles. The molecule has 0 aliphatic carbocycles. The zero-order chi connectivity index (χ0) is 12.7. The number of nitrogens with two attached hydrogens (primary N) is 1. The number of alkyl carbamates (subject to hydrolysis) is 1. The minimum Gasteiger partial charge on any atom is -0.447 e. The van der Waals surface area contributed by atoms with Gasteiger partial charge >= 0.3 is 6.09 Å². The first-order valence-electron chi connectivity index (χ1n) is 5.34. The molecule has 0 unspecified atom stereocenters.